The summed E-state index contributed by atoms with van der Waals surface area (Å²) < 4.78 is 6.18. The number of amides is 3. The van der Waals surface area contributed by atoms with Gasteiger partial charge in [0.15, 0.2) is 12.3 Å². The molecule has 2 fully saturated rings. The highest BCUT2D eigenvalue weighted by molar-refractivity contribution is 6.04. The third-order valence-electron chi connectivity index (χ3n) is 7.57. The van der Waals surface area contributed by atoms with Crippen molar-refractivity contribution in [2.75, 3.05) is 0 Å². The molecule has 3 atom stereocenters. The molecule has 1 aliphatic heterocycles. The van der Waals surface area contributed by atoms with E-state index < -0.39 is 30.1 Å². The Hall–Kier alpha value is -3.55. The van der Waals surface area contributed by atoms with E-state index in [4.69, 9.17) is 10.5 Å². The van der Waals surface area contributed by atoms with Crippen LogP contribution in [0.15, 0.2) is 72.8 Å². The van der Waals surface area contributed by atoms with Gasteiger partial charge in [-0.15, -0.1) is 0 Å². The minimum atomic E-state index is -1.00. The zero-order valence-corrected chi connectivity index (χ0v) is 21.6. The molecule has 198 valence electrons. The number of benzene rings is 3. The maximum Gasteiger partial charge on any atom is 0.250 e. The third kappa shape index (κ3) is 5.95. The molecule has 1 aliphatic carbocycles. The van der Waals surface area contributed by atoms with Crippen LogP contribution in [0.4, 0.5) is 0 Å². The third-order valence-corrected chi connectivity index (χ3v) is 7.57. The molecule has 1 saturated heterocycles. The second kappa shape index (κ2) is 11.9. The number of fused-ring (bicyclic) bond motifs is 1. The van der Waals surface area contributed by atoms with Crippen molar-refractivity contribution in [2.24, 2.45) is 5.73 Å². The molecule has 0 aromatic heterocycles. The molecule has 5 rings (SSSR count). The number of aryl methyl sites for hydroxylation is 1. The van der Waals surface area contributed by atoms with E-state index in [1.165, 1.54) is 6.42 Å². The van der Waals surface area contributed by atoms with Gasteiger partial charge in [0.1, 0.15) is 0 Å². The molecule has 3 aromatic carbocycles. The van der Waals surface area contributed by atoms with Gasteiger partial charge in [-0.25, -0.2) is 0 Å². The summed E-state index contributed by atoms with van der Waals surface area (Å²) in [6.45, 7) is 0. The maximum atomic E-state index is 13.7. The van der Waals surface area contributed by atoms with Crippen molar-refractivity contribution < 1.29 is 19.1 Å². The highest BCUT2D eigenvalue weighted by Gasteiger charge is 2.50. The standard InChI is InChI=1S/C31H35N3O4/c32-26(20-22-15-17-23-11-7-8-12-24(23)19-22)31(37)34(27(35)18-16-21-9-3-1-4-10-21)28-29(36)33-30(28)38-25-13-5-2-6-14-25/h1,3-4,7-12,15,17,19,25-26,28,30H,2,5-6,13-14,16,18,20,32H2,(H,33,36)/t26-,28+,30?/m0/s1. The van der Waals surface area contributed by atoms with Crippen LogP contribution < -0.4 is 11.1 Å². The number of imide groups is 1. The SMILES string of the molecule is N[C@@H](Cc1ccc2ccccc2c1)C(=O)N(C(=O)CCc1ccccc1)[C@@H]1C(=O)NC1OC1CCCCC1. The van der Waals surface area contributed by atoms with Gasteiger partial charge >= 0.3 is 0 Å². The van der Waals surface area contributed by atoms with Crippen molar-refractivity contribution in [2.45, 2.75) is 75.8 Å². The van der Waals surface area contributed by atoms with Gasteiger partial charge in [0, 0.05) is 6.42 Å². The molecule has 0 radical (unpaired) electrons. The first-order chi connectivity index (χ1) is 18.5. The summed E-state index contributed by atoms with van der Waals surface area (Å²) in [5.74, 6) is -1.34. The number of carbonyl (C=O) groups is 3. The highest BCUT2D eigenvalue weighted by atomic mass is 16.5. The number of nitrogens with zero attached hydrogens (tertiary/aromatic N) is 1. The zero-order valence-electron chi connectivity index (χ0n) is 21.6. The van der Waals surface area contributed by atoms with Crippen LogP contribution in [0.1, 0.15) is 49.7 Å². The number of hydrogen-bond acceptors (Lipinski definition) is 5. The number of ether oxygens (including phenoxy) is 1. The van der Waals surface area contributed by atoms with Gasteiger partial charge in [-0.3, -0.25) is 19.3 Å². The molecule has 0 spiro atoms. The smallest absolute Gasteiger partial charge is 0.250 e. The summed E-state index contributed by atoms with van der Waals surface area (Å²) in [5.41, 5.74) is 8.30. The maximum absolute atomic E-state index is 13.7. The summed E-state index contributed by atoms with van der Waals surface area (Å²) in [4.78, 5) is 41.1. The van der Waals surface area contributed by atoms with E-state index in [1.807, 2.05) is 72.8 Å². The van der Waals surface area contributed by atoms with Crippen molar-refractivity contribution in [3.05, 3.63) is 83.9 Å². The number of rotatable bonds is 9. The Labute approximate surface area is 223 Å². The average molecular weight is 514 g/mol. The second-order valence-electron chi connectivity index (χ2n) is 10.3. The molecular weight excluding hydrogens is 478 g/mol. The van der Waals surface area contributed by atoms with E-state index >= 15 is 0 Å². The molecule has 7 nitrogen and oxygen atoms in total. The van der Waals surface area contributed by atoms with E-state index in [9.17, 15) is 14.4 Å². The normalized spacial score (nSPS) is 20.4. The van der Waals surface area contributed by atoms with Crippen molar-refractivity contribution >= 4 is 28.5 Å². The van der Waals surface area contributed by atoms with Crippen molar-refractivity contribution in [1.82, 2.24) is 10.2 Å². The highest BCUT2D eigenvalue weighted by Crippen LogP contribution is 2.27. The minimum Gasteiger partial charge on any atom is -0.352 e. The largest absolute Gasteiger partial charge is 0.352 e. The molecule has 1 saturated carbocycles. The van der Waals surface area contributed by atoms with Crippen LogP contribution in [0.2, 0.25) is 0 Å². The Morgan fingerprint density at radius 3 is 2.37 bits per heavy atom. The lowest BCUT2D eigenvalue weighted by molar-refractivity contribution is -0.178. The predicted molar refractivity (Wildman–Crippen MR) is 146 cm³/mol. The Morgan fingerprint density at radius 1 is 0.921 bits per heavy atom. The van der Waals surface area contributed by atoms with Crippen LogP contribution in [0.5, 0.6) is 0 Å². The van der Waals surface area contributed by atoms with Crippen LogP contribution in [-0.4, -0.2) is 47.0 Å². The second-order valence-corrected chi connectivity index (χ2v) is 10.3. The van der Waals surface area contributed by atoms with Crippen LogP contribution in [-0.2, 0) is 32.0 Å². The van der Waals surface area contributed by atoms with Crippen LogP contribution in [0, 0.1) is 0 Å². The minimum absolute atomic E-state index is 0.0134. The van der Waals surface area contributed by atoms with E-state index in [2.05, 4.69) is 5.32 Å². The predicted octanol–water partition coefficient (Wildman–Crippen LogP) is 3.87. The first-order valence-electron chi connectivity index (χ1n) is 13.6. The molecule has 0 bridgehead atoms. The number of β-lactam (4-membered cyclic amide) rings is 1. The molecule has 7 heteroatoms. The molecule has 2 aliphatic rings. The van der Waals surface area contributed by atoms with E-state index in [0.717, 1.165) is 52.5 Å². The summed E-state index contributed by atoms with van der Waals surface area (Å²) in [6.07, 6.45) is 5.28. The van der Waals surface area contributed by atoms with Crippen molar-refractivity contribution in [1.29, 1.82) is 0 Å². The Bertz CT molecular complexity index is 1290. The molecule has 3 N–H and O–H groups in total. The van der Waals surface area contributed by atoms with Crippen LogP contribution in [0.25, 0.3) is 10.8 Å². The molecular formula is C31H35N3O4. The van der Waals surface area contributed by atoms with Crippen molar-refractivity contribution in [3.8, 4) is 0 Å². The van der Waals surface area contributed by atoms with Gasteiger partial charge in [-0.1, -0.05) is 92.1 Å². The topological polar surface area (TPSA) is 102 Å². The Balaban J connectivity index is 1.34. The summed E-state index contributed by atoms with van der Waals surface area (Å²) in [5, 5.41) is 4.92. The summed E-state index contributed by atoms with van der Waals surface area (Å²) in [6, 6.07) is 21.6. The molecule has 1 unspecified atom stereocenters. The molecule has 1 heterocycles. The van der Waals surface area contributed by atoms with E-state index in [0.29, 0.717) is 6.42 Å². The van der Waals surface area contributed by atoms with Gasteiger partial charge in [0.2, 0.25) is 17.7 Å². The molecule has 3 aromatic rings. The summed E-state index contributed by atoms with van der Waals surface area (Å²) >= 11 is 0. The average Bonchev–Trinajstić information content (AvgIpc) is 2.95. The lowest BCUT2D eigenvalue weighted by Gasteiger charge is -2.44. The fourth-order valence-corrected chi connectivity index (χ4v) is 5.43. The quantitative estimate of drug-likeness (QED) is 0.423. The van der Waals surface area contributed by atoms with E-state index in [1.54, 1.807) is 0 Å². The Morgan fingerprint density at radius 2 is 1.63 bits per heavy atom. The molecule has 38 heavy (non-hydrogen) atoms. The van der Waals surface area contributed by atoms with Gasteiger partial charge < -0.3 is 15.8 Å². The fraction of sp³-hybridized carbons (Fsp3) is 0.387. The first-order valence-corrected chi connectivity index (χ1v) is 13.6. The van der Waals surface area contributed by atoms with Gasteiger partial charge in [0.05, 0.1) is 12.1 Å². The summed E-state index contributed by atoms with van der Waals surface area (Å²) in [7, 11) is 0. The fourth-order valence-electron chi connectivity index (χ4n) is 5.43. The monoisotopic (exact) mass is 513 g/mol. The lowest BCUT2D eigenvalue weighted by atomic mass is 9.96. The number of hydrogen-bond donors (Lipinski definition) is 2. The number of nitrogens with one attached hydrogen (secondary N) is 1. The van der Waals surface area contributed by atoms with Gasteiger partial charge in [-0.05, 0) is 47.6 Å². The zero-order chi connectivity index (χ0) is 26.5. The lowest BCUT2D eigenvalue weighted by Crippen LogP contribution is -2.73. The van der Waals surface area contributed by atoms with E-state index in [-0.39, 0.29) is 24.9 Å². The van der Waals surface area contributed by atoms with Crippen LogP contribution >= 0.6 is 0 Å². The van der Waals surface area contributed by atoms with Crippen molar-refractivity contribution in [3.63, 3.8) is 0 Å². The van der Waals surface area contributed by atoms with Gasteiger partial charge in [0.25, 0.3) is 0 Å². The first kappa shape index (κ1) is 26.1. The number of nitrogens with two attached hydrogens (primary N) is 1. The molecule has 3 amide bonds. The van der Waals surface area contributed by atoms with Crippen LogP contribution in [0.3, 0.4) is 0 Å². The number of carbonyl (C=O) groups excluding carboxylic acids is 3. The van der Waals surface area contributed by atoms with Gasteiger partial charge in [-0.2, -0.15) is 0 Å². The Kier molecular flexibility index (Phi) is 8.15.